The molecule has 4 N–H and O–H groups in total. The molecule has 0 amide bonds. The van der Waals surface area contributed by atoms with Crippen LogP contribution in [0.1, 0.15) is 11.3 Å². The van der Waals surface area contributed by atoms with E-state index in [1.165, 1.54) is 0 Å². The summed E-state index contributed by atoms with van der Waals surface area (Å²) < 4.78 is 10.9. The quantitative estimate of drug-likeness (QED) is 0.212. The van der Waals surface area contributed by atoms with Gasteiger partial charge in [-0.25, -0.2) is 0 Å². The van der Waals surface area contributed by atoms with Gasteiger partial charge in [-0.1, -0.05) is 11.2 Å². The zero-order chi connectivity index (χ0) is 12.7. The molecule has 0 spiro atoms. The van der Waals surface area contributed by atoms with Crippen molar-refractivity contribution in [2.45, 2.75) is 6.54 Å². The van der Waals surface area contributed by atoms with Gasteiger partial charge in [0, 0.05) is 42.1 Å². The first-order valence-corrected chi connectivity index (χ1v) is 6.80. The van der Waals surface area contributed by atoms with Crippen molar-refractivity contribution in [1.29, 1.82) is 0 Å². The Morgan fingerprint density at radius 1 is 1.71 bits per heavy atom. The second-order valence-corrected chi connectivity index (χ2v) is 5.01. The van der Waals surface area contributed by atoms with Crippen LogP contribution < -0.4 is 11.1 Å². The van der Waals surface area contributed by atoms with Gasteiger partial charge in [-0.2, -0.15) is 0 Å². The summed E-state index contributed by atoms with van der Waals surface area (Å²) in [7, 11) is -0.806. The van der Waals surface area contributed by atoms with Gasteiger partial charge in [0.15, 0.2) is 5.84 Å². The number of aromatic nitrogens is 1. The number of rotatable bonds is 6. The molecule has 1 aromatic rings. The minimum atomic E-state index is -0.806. The van der Waals surface area contributed by atoms with Crippen LogP contribution >= 0.6 is 0 Å². The summed E-state index contributed by atoms with van der Waals surface area (Å²) >= 11 is 0. The predicted molar refractivity (Wildman–Crippen MR) is 67.4 cm³/mol. The zero-order valence-electron chi connectivity index (χ0n) is 9.59. The van der Waals surface area contributed by atoms with Crippen LogP contribution in [-0.4, -0.2) is 38.8 Å². The highest BCUT2D eigenvalue weighted by Crippen LogP contribution is 2.04. The molecule has 0 aliphatic rings. The minimum absolute atomic E-state index is 0.0125. The van der Waals surface area contributed by atoms with E-state index in [4.69, 9.17) is 10.9 Å². The van der Waals surface area contributed by atoms with Crippen LogP contribution in [0.25, 0.3) is 0 Å². The summed E-state index contributed by atoms with van der Waals surface area (Å²) in [5.74, 6) is 0.584. The largest absolute Gasteiger partial charge is 0.409 e. The van der Waals surface area contributed by atoms with Gasteiger partial charge in [-0.3, -0.25) is 9.19 Å². The van der Waals surface area contributed by atoms with Crippen LogP contribution in [0.4, 0.5) is 0 Å². The SMILES string of the molecule is CS(=O)CCNCc1cccnc1/C(N)=N/O. The molecule has 0 aliphatic carbocycles. The lowest BCUT2D eigenvalue weighted by Crippen LogP contribution is -2.23. The lowest BCUT2D eigenvalue weighted by Gasteiger charge is -2.07. The summed E-state index contributed by atoms with van der Waals surface area (Å²) in [6.07, 6.45) is 3.24. The summed E-state index contributed by atoms with van der Waals surface area (Å²) in [6, 6.07) is 3.62. The molecule has 0 aliphatic heterocycles. The average molecular weight is 256 g/mol. The van der Waals surface area contributed by atoms with E-state index in [-0.39, 0.29) is 5.84 Å². The monoisotopic (exact) mass is 256 g/mol. The van der Waals surface area contributed by atoms with Gasteiger partial charge < -0.3 is 16.3 Å². The third-order valence-electron chi connectivity index (χ3n) is 2.12. The molecule has 17 heavy (non-hydrogen) atoms. The summed E-state index contributed by atoms with van der Waals surface area (Å²) in [4.78, 5) is 4.05. The van der Waals surface area contributed by atoms with E-state index < -0.39 is 10.8 Å². The average Bonchev–Trinajstić information content (AvgIpc) is 2.34. The van der Waals surface area contributed by atoms with Gasteiger partial charge in [-0.05, 0) is 11.6 Å². The lowest BCUT2D eigenvalue weighted by molar-refractivity contribution is 0.318. The van der Waals surface area contributed by atoms with Crippen molar-refractivity contribution < 1.29 is 9.42 Å². The van der Waals surface area contributed by atoms with Crippen molar-refractivity contribution in [3.05, 3.63) is 29.6 Å². The van der Waals surface area contributed by atoms with Gasteiger partial charge in [0.1, 0.15) is 5.69 Å². The highest BCUT2D eigenvalue weighted by Gasteiger charge is 2.07. The predicted octanol–water partition coefficient (Wildman–Crippen LogP) is -0.356. The van der Waals surface area contributed by atoms with Crippen LogP contribution in [0.5, 0.6) is 0 Å². The van der Waals surface area contributed by atoms with E-state index in [2.05, 4.69) is 15.5 Å². The van der Waals surface area contributed by atoms with Crippen molar-refractivity contribution in [2.24, 2.45) is 10.9 Å². The number of amidine groups is 1. The summed E-state index contributed by atoms with van der Waals surface area (Å²) in [6.45, 7) is 1.18. The van der Waals surface area contributed by atoms with Gasteiger partial charge >= 0.3 is 0 Å². The van der Waals surface area contributed by atoms with E-state index in [0.29, 0.717) is 24.5 Å². The zero-order valence-corrected chi connectivity index (χ0v) is 10.4. The number of nitrogens with one attached hydrogen (secondary N) is 1. The summed E-state index contributed by atoms with van der Waals surface area (Å²) in [5, 5.41) is 14.7. The Balaban J connectivity index is 2.61. The van der Waals surface area contributed by atoms with Crippen LogP contribution in [0.2, 0.25) is 0 Å². The Labute approximate surface area is 102 Å². The Morgan fingerprint density at radius 2 is 2.47 bits per heavy atom. The standard InChI is InChI=1S/C10H16N4O2S/c1-17(16)6-5-12-7-8-3-2-4-13-9(8)10(11)14-15/h2-4,12,15H,5-7H2,1H3,(H2,11,14). The number of hydrogen-bond acceptors (Lipinski definition) is 5. The van der Waals surface area contributed by atoms with Gasteiger partial charge in [0.25, 0.3) is 0 Å². The molecule has 0 bridgehead atoms. The molecule has 0 radical (unpaired) electrons. The number of oxime groups is 1. The highest BCUT2D eigenvalue weighted by molar-refractivity contribution is 7.84. The van der Waals surface area contributed by atoms with E-state index in [9.17, 15) is 4.21 Å². The number of nitrogens with zero attached hydrogens (tertiary/aromatic N) is 2. The molecule has 6 nitrogen and oxygen atoms in total. The van der Waals surface area contributed by atoms with Crippen molar-refractivity contribution in [3.63, 3.8) is 0 Å². The molecule has 0 aromatic carbocycles. The number of nitrogens with two attached hydrogens (primary N) is 1. The van der Waals surface area contributed by atoms with E-state index >= 15 is 0 Å². The summed E-state index contributed by atoms with van der Waals surface area (Å²) in [5.41, 5.74) is 6.80. The van der Waals surface area contributed by atoms with E-state index in [1.54, 1.807) is 18.5 Å². The fourth-order valence-corrected chi connectivity index (χ4v) is 1.73. The molecule has 0 fully saturated rings. The topological polar surface area (TPSA) is 101 Å². The third kappa shape index (κ3) is 4.49. The molecule has 0 saturated heterocycles. The van der Waals surface area contributed by atoms with Gasteiger partial charge in [0.2, 0.25) is 0 Å². The first-order chi connectivity index (χ1) is 8.15. The fourth-order valence-electron chi connectivity index (χ4n) is 1.30. The van der Waals surface area contributed by atoms with Crippen molar-refractivity contribution in [1.82, 2.24) is 10.3 Å². The van der Waals surface area contributed by atoms with Crippen molar-refractivity contribution in [2.75, 3.05) is 18.6 Å². The normalized spacial score (nSPS) is 13.6. The Hall–Kier alpha value is -1.47. The second-order valence-electron chi connectivity index (χ2n) is 3.45. The first kappa shape index (κ1) is 13.6. The van der Waals surface area contributed by atoms with E-state index in [0.717, 1.165) is 5.56 Å². The molecule has 7 heteroatoms. The van der Waals surface area contributed by atoms with Gasteiger partial charge in [0.05, 0.1) is 0 Å². The molecular weight excluding hydrogens is 240 g/mol. The maximum Gasteiger partial charge on any atom is 0.189 e. The van der Waals surface area contributed by atoms with Crippen LogP contribution in [0, 0.1) is 0 Å². The highest BCUT2D eigenvalue weighted by atomic mass is 32.2. The molecule has 0 saturated carbocycles. The third-order valence-corrected chi connectivity index (χ3v) is 2.90. The molecule has 1 rings (SSSR count). The Bertz CT molecular complexity index is 423. The molecule has 94 valence electrons. The van der Waals surface area contributed by atoms with Crippen molar-refractivity contribution >= 4 is 16.6 Å². The number of hydrogen-bond donors (Lipinski definition) is 3. The minimum Gasteiger partial charge on any atom is -0.409 e. The second kappa shape index (κ2) is 6.97. The Morgan fingerprint density at radius 3 is 3.12 bits per heavy atom. The lowest BCUT2D eigenvalue weighted by atomic mass is 10.2. The maximum atomic E-state index is 10.9. The van der Waals surface area contributed by atoms with Crippen LogP contribution in [0.15, 0.2) is 23.5 Å². The van der Waals surface area contributed by atoms with Crippen LogP contribution in [0.3, 0.4) is 0 Å². The molecule has 1 atom stereocenters. The molecule has 1 unspecified atom stereocenters. The van der Waals surface area contributed by atoms with E-state index in [1.807, 2.05) is 6.07 Å². The van der Waals surface area contributed by atoms with Crippen molar-refractivity contribution in [3.8, 4) is 0 Å². The molecule has 1 heterocycles. The molecule has 1 aromatic heterocycles. The smallest absolute Gasteiger partial charge is 0.189 e. The fraction of sp³-hybridized carbons (Fsp3) is 0.400. The first-order valence-electron chi connectivity index (χ1n) is 5.07. The maximum absolute atomic E-state index is 10.9. The van der Waals surface area contributed by atoms with Gasteiger partial charge in [-0.15, -0.1) is 0 Å². The number of pyridine rings is 1. The Kier molecular flexibility index (Phi) is 5.58. The van der Waals surface area contributed by atoms with Crippen LogP contribution in [-0.2, 0) is 17.3 Å². The molecular formula is C10H16N4O2S.